The Morgan fingerprint density at radius 2 is 2.10 bits per heavy atom. The highest BCUT2D eigenvalue weighted by molar-refractivity contribution is 6.33. The summed E-state index contributed by atoms with van der Waals surface area (Å²) in [6.07, 6.45) is 1.31. The van der Waals surface area contributed by atoms with Gasteiger partial charge in [-0.05, 0) is 42.3 Å². The Labute approximate surface area is 179 Å². The number of nitrogens with one attached hydrogen (secondary N) is 1. The second-order valence-electron chi connectivity index (χ2n) is 7.07. The van der Waals surface area contributed by atoms with Crippen molar-refractivity contribution in [1.29, 1.82) is 0 Å². The molecule has 7 nitrogen and oxygen atoms in total. The van der Waals surface area contributed by atoms with Gasteiger partial charge in [-0.25, -0.2) is 0 Å². The van der Waals surface area contributed by atoms with Crippen molar-refractivity contribution >= 4 is 29.0 Å². The number of hydrogen-bond acceptors (Lipinski definition) is 5. The van der Waals surface area contributed by atoms with Crippen molar-refractivity contribution in [3.63, 3.8) is 0 Å². The van der Waals surface area contributed by atoms with E-state index in [2.05, 4.69) is 21.6 Å². The van der Waals surface area contributed by atoms with Crippen molar-refractivity contribution in [3.8, 4) is 5.75 Å². The van der Waals surface area contributed by atoms with Crippen LogP contribution in [-0.4, -0.2) is 34.6 Å². The number of anilines is 1. The number of aromatic nitrogens is 2. The minimum atomic E-state index is -0.736. The molecule has 2 aromatic carbocycles. The maximum absolute atomic E-state index is 12.6. The Bertz CT molecular complexity index is 1090. The third kappa shape index (κ3) is 4.46. The zero-order chi connectivity index (χ0) is 21.1. The molecule has 0 spiro atoms. The summed E-state index contributed by atoms with van der Waals surface area (Å²) < 4.78 is 6.85. The molecule has 1 aliphatic rings. The molecule has 1 aromatic heterocycles. The molecule has 0 saturated carbocycles. The summed E-state index contributed by atoms with van der Waals surface area (Å²) in [6, 6.07) is 15.6. The number of ether oxygens (including phenoxy) is 1. The van der Waals surface area contributed by atoms with Crippen LogP contribution < -0.4 is 10.1 Å². The standard InChI is InChI=1S/C22H21ClN4O3/c1-14-4-3-5-15(10-14)12-27-13-18(23)21(25-27)24-22(28)20-11-19(26-30-20)16-6-8-17(29-2)9-7-16/h3-10,13,20H,11-12H2,1-2H3,(H,24,25,28). The van der Waals surface area contributed by atoms with Gasteiger partial charge in [-0.2, -0.15) is 5.10 Å². The molecule has 2 heterocycles. The first-order chi connectivity index (χ1) is 14.5. The van der Waals surface area contributed by atoms with Crippen molar-refractivity contribution < 1.29 is 14.4 Å². The Hall–Kier alpha value is -3.32. The zero-order valence-electron chi connectivity index (χ0n) is 16.6. The van der Waals surface area contributed by atoms with E-state index < -0.39 is 6.10 Å². The second kappa shape index (κ2) is 8.59. The number of carbonyl (C=O) groups excluding carboxylic acids is 1. The number of rotatable bonds is 6. The average molecular weight is 425 g/mol. The van der Waals surface area contributed by atoms with Gasteiger partial charge in [-0.15, -0.1) is 0 Å². The highest BCUT2D eigenvalue weighted by Crippen LogP contribution is 2.23. The Kier molecular flexibility index (Phi) is 5.72. The van der Waals surface area contributed by atoms with E-state index in [-0.39, 0.29) is 5.91 Å². The molecule has 1 aliphatic heterocycles. The number of benzene rings is 2. The molecule has 1 amide bonds. The van der Waals surface area contributed by atoms with E-state index >= 15 is 0 Å². The summed E-state index contributed by atoms with van der Waals surface area (Å²) >= 11 is 6.27. The maximum Gasteiger partial charge on any atom is 0.269 e. The summed E-state index contributed by atoms with van der Waals surface area (Å²) in [7, 11) is 1.61. The molecule has 3 aromatic rings. The van der Waals surface area contributed by atoms with Crippen molar-refractivity contribution in [1.82, 2.24) is 9.78 Å². The van der Waals surface area contributed by atoms with Gasteiger partial charge in [0.15, 0.2) is 5.82 Å². The molecule has 4 rings (SSSR count). The summed E-state index contributed by atoms with van der Waals surface area (Å²) in [5.41, 5.74) is 3.86. The van der Waals surface area contributed by atoms with E-state index in [4.69, 9.17) is 21.2 Å². The van der Waals surface area contributed by atoms with Crippen LogP contribution in [0.2, 0.25) is 5.02 Å². The first-order valence-electron chi connectivity index (χ1n) is 9.48. The van der Waals surface area contributed by atoms with Crippen molar-refractivity contribution in [2.24, 2.45) is 5.16 Å². The highest BCUT2D eigenvalue weighted by Gasteiger charge is 2.30. The van der Waals surface area contributed by atoms with Gasteiger partial charge in [0.1, 0.15) is 10.8 Å². The van der Waals surface area contributed by atoms with Crippen molar-refractivity contribution in [2.45, 2.75) is 26.0 Å². The first kappa shape index (κ1) is 20.0. The van der Waals surface area contributed by atoms with E-state index in [1.165, 1.54) is 5.56 Å². The number of aryl methyl sites for hydroxylation is 1. The number of nitrogens with zero attached hydrogens (tertiary/aromatic N) is 3. The summed E-state index contributed by atoms with van der Waals surface area (Å²) in [6.45, 7) is 2.59. The Balaban J connectivity index is 1.38. The molecule has 0 fully saturated rings. The van der Waals surface area contributed by atoms with Gasteiger partial charge in [-0.3, -0.25) is 9.48 Å². The number of hydrogen-bond donors (Lipinski definition) is 1. The monoisotopic (exact) mass is 424 g/mol. The summed E-state index contributed by atoms with van der Waals surface area (Å²) in [4.78, 5) is 18.0. The highest BCUT2D eigenvalue weighted by atomic mass is 35.5. The van der Waals surface area contributed by atoms with Crippen LogP contribution in [-0.2, 0) is 16.2 Å². The second-order valence-corrected chi connectivity index (χ2v) is 7.47. The van der Waals surface area contributed by atoms with Crippen LogP contribution in [0.4, 0.5) is 5.82 Å². The van der Waals surface area contributed by atoms with E-state index in [1.54, 1.807) is 18.0 Å². The summed E-state index contributed by atoms with van der Waals surface area (Å²) in [5, 5.41) is 11.5. The van der Waals surface area contributed by atoms with Crippen LogP contribution in [0.3, 0.4) is 0 Å². The molecule has 8 heteroatoms. The Morgan fingerprint density at radius 1 is 1.30 bits per heavy atom. The number of carbonyl (C=O) groups is 1. The van der Waals surface area contributed by atoms with Crippen molar-refractivity contribution in [2.75, 3.05) is 12.4 Å². The summed E-state index contributed by atoms with van der Waals surface area (Å²) in [5.74, 6) is 0.712. The van der Waals surface area contributed by atoms with E-state index in [0.717, 1.165) is 16.9 Å². The predicted molar refractivity (Wildman–Crippen MR) is 115 cm³/mol. The van der Waals surface area contributed by atoms with Gasteiger partial charge < -0.3 is 14.9 Å². The molecule has 0 aliphatic carbocycles. The van der Waals surface area contributed by atoms with Crippen LogP contribution in [0.15, 0.2) is 59.9 Å². The number of oxime groups is 1. The topological polar surface area (TPSA) is 77.7 Å². The normalized spacial score (nSPS) is 15.4. The lowest BCUT2D eigenvalue weighted by atomic mass is 10.0. The fourth-order valence-electron chi connectivity index (χ4n) is 3.23. The molecule has 0 radical (unpaired) electrons. The Morgan fingerprint density at radius 3 is 2.83 bits per heavy atom. The quantitative estimate of drug-likeness (QED) is 0.648. The van der Waals surface area contributed by atoms with Crippen LogP contribution >= 0.6 is 11.6 Å². The van der Waals surface area contributed by atoms with E-state index in [0.29, 0.717) is 29.5 Å². The fourth-order valence-corrected chi connectivity index (χ4v) is 3.43. The minimum absolute atomic E-state index is 0.302. The van der Waals surface area contributed by atoms with Gasteiger partial charge in [0.25, 0.3) is 5.91 Å². The lowest BCUT2D eigenvalue weighted by Gasteiger charge is -2.08. The molecule has 30 heavy (non-hydrogen) atoms. The third-order valence-electron chi connectivity index (χ3n) is 4.77. The van der Waals surface area contributed by atoms with Gasteiger partial charge in [-0.1, -0.05) is 46.6 Å². The number of amides is 1. The fraction of sp³-hybridized carbons (Fsp3) is 0.227. The van der Waals surface area contributed by atoms with Crippen LogP contribution in [0, 0.1) is 6.92 Å². The number of methoxy groups -OCH3 is 1. The third-order valence-corrected chi connectivity index (χ3v) is 5.05. The molecule has 1 N–H and O–H groups in total. The largest absolute Gasteiger partial charge is 0.497 e. The van der Waals surface area contributed by atoms with E-state index in [9.17, 15) is 4.79 Å². The molecule has 0 bridgehead atoms. The average Bonchev–Trinajstić information content (AvgIpc) is 3.35. The smallest absolute Gasteiger partial charge is 0.269 e. The maximum atomic E-state index is 12.6. The predicted octanol–water partition coefficient (Wildman–Crippen LogP) is 4.03. The van der Waals surface area contributed by atoms with E-state index in [1.807, 2.05) is 49.4 Å². The minimum Gasteiger partial charge on any atom is -0.497 e. The van der Waals surface area contributed by atoms with Crippen LogP contribution in [0.5, 0.6) is 5.75 Å². The van der Waals surface area contributed by atoms with Crippen LogP contribution in [0.25, 0.3) is 0 Å². The lowest BCUT2D eigenvalue weighted by Crippen LogP contribution is -2.28. The molecular weight excluding hydrogens is 404 g/mol. The van der Waals surface area contributed by atoms with Gasteiger partial charge in [0.05, 0.1) is 19.4 Å². The van der Waals surface area contributed by atoms with Crippen LogP contribution in [0.1, 0.15) is 23.1 Å². The lowest BCUT2D eigenvalue weighted by molar-refractivity contribution is -0.125. The number of halogens is 1. The first-order valence-corrected chi connectivity index (χ1v) is 9.86. The van der Waals surface area contributed by atoms with Gasteiger partial charge >= 0.3 is 0 Å². The molecular formula is C22H21ClN4O3. The van der Waals surface area contributed by atoms with Gasteiger partial charge in [0, 0.05) is 12.6 Å². The SMILES string of the molecule is COc1ccc(C2=NOC(C(=O)Nc3nn(Cc4cccc(C)c4)cc3Cl)C2)cc1. The molecule has 1 atom stereocenters. The van der Waals surface area contributed by atoms with Crippen molar-refractivity contribution in [3.05, 3.63) is 76.4 Å². The molecule has 0 saturated heterocycles. The molecule has 1 unspecified atom stereocenters. The molecule has 154 valence electrons. The zero-order valence-corrected chi connectivity index (χ0v) is 17.4. The van der Waals surface area contributed by atoms with Gasteiger partial charge in [0.2, 0.25) is 6.10 Å².